The van der Waals surface area contributed by atoms with E-state index in [1.807, 2.05) is 0 Å². The van der Waals surface area contributed by atoms with E-state index in [-0.39, 0.29) is 0 Å². The molecule has 2 N–H and O–H groups in total. The lowest BCUT2D eigenvalue weighted by Gasteiger charge is -2.40. The molecule has 0 aliphatic heterocycles. The Morgan fingerprint density at radius 3 is 2.38 bits per heavy atom. The molecule has 0 bridgehead atoms. The predicted octanol–water partition coefficient (Wildman–Crippen LogP) is 1.38. The van der Waals surface area contributed by atoms with Crippen LogP contribution in [-0.4, -0.2) is 6.04 Å². The molecule has 8 heavy (non-hydrogen) atoms. The van der Waals surface area contributed by atoms with E-state index in [1.165, 1.54) is 12.8 Å². The van der Waals surface area contributed by atoms with Crippen molar-refractivity contribution in [2.45, 2.75) is 32.7 Å². The first-order chi connectivity index (χ1) is 3.75. The molecule has 0 heterocycles. The maximum absolute atomic E-state index is 5.72. The van der Waals surface area contributed by atoms with E-state index < -0.39 is 0 Å². The third-order valence-electron chi connectivity index (χ3n) is 2.40. The second-order valence-electron chi connectivity index (χ2n) is 2.95. The maximum Gasteiger partial charge on any atom is 0.00722 e. The standard InChI is InChI=1S/C7H15N/c1-3-6-5(2)4-7(6)8/h5-7H,3-4,8H2,1-2H3. The van der Waals surface area contributed by atoms with Crippen LogP contribution in [0.3, 0.4) is 0 Å². The lowest BCUT2D eigenvalue weighted by Crippen LogP contribution is -2.45. The summed E-state index contributed by atoms with van der Waals surface area (Å²) >= 11 is 0. The van der Waals surface area contributed by atoms with Crippen LogP contribution in [0.15, 0.2) is 0 Å². The quantitative estimate of drug-likeness (QED) is 0.546. The average Bonchev–Trinajstić information content (AvgIpc) is 1.67. The van der Waals surface area contributed by atoms with Crippen molar-refractivity contribution in [2.75, 3.05) is 0 Å². The summed E-state index contributed by atoms with van der Waals surface area (Å²) in [6.45, 7) is 4.51. The van der Waals surface area contributed by atoms with Gasteiger partial charge in [0.05, 0.1) is 0 Å². The third-order valence-corrected chi connectivity index (χ3v) is 2.40. The predicted molar refractivity (Wildman–Crippen MR) is 35.5 cm³/mol. The minimum atomic E-state index is 0.523. The fraction of sp³-hybridized carbons (Fsp3) is 1.00. The van der Waals surface area contributed by atoms with Crippen LogP contribution in [0.1, 0.15) is 26.7 Å². The Balaban J connectivity index is 2.29. The zero-order valence-corrected chi connectivity index (χ0v) is 5.72. The van der Waals surface area contributed by atoms with Crippen molar-refractivity contribution < 1.29 is 0 Å². The summed E-state index contributed by atoms with van der Waals surface area (Å²) < 4.78 is 0. The van der Waals surface area contributed by atoms with E-state index in [2.05, 4.69) is 13.8 Å². The average molecular weight is 113 g/mol. The molecule has 1 nitrogen and oxygen atoms in total. The van der Waals surface area contributed by atoms with Gasteiger partial charge in [-0.1, -0.05) is 20.3 Å². The molecule has 0 aromatic rings. The molecule has 1 fully saturated rings. The minimum absolute atomic E-state index is 0.523. The molecule has 1 rings (SSSR count). The molecule has 1 saturated carbocycles. The molecular formula is C7H15N. The van der Waals surface area contributed by atoms with Crippen LogP contribution < -0.4 is 5.73 Å². The third kappa shape index (κ3) is 0.752. The normalized spacial score (nSPS) is 46.1. The number of nitrogens with two attached hydrogens (primary N) is 1. The highest BCUT2D eigenvalue weighted by Gasteiger charge is 2.33. The Morgan fingerprint density at radius 1 is 1.62 bits per heavy atom. The monoisotopic (exact) mass is 113 g/mol. The fourth-order valence-electron chi connectivity index (χ4n) is 1.71. The number of rotatable bonds is 1. The highest BCUT2D eigenvalue weighted by molar-refractivity contribution is 4.88. The van der Waals surface area contributed by atoms with E-state index in [0.29, 0.717) is 6.04 Å². The van der Waals surface area contributed by atoms with Gasteiger partial charge >= 0.3 is 0 Å². The van der Waals surface area contributed by atoms with E-state index in [9.17, 15) is 0 Å². The van der Waals surface area contributed by atoms with Crippen LogP contribution in [-0.2, 0) is 0 Å². The van der Waals surface area contributed by atoms with E-state index in [4.69, 9.17) is 5.73 Å². The molecule has 0 radical (unpaired) electrons. The van der Waals surface area contributed by atoms with Gasteiger partial charge in [-0.2, -0.15) is 0 Å². The van der Waals surface area contributed by atoms with E-state index in [1.54, 1.807) is 0 Å². The lowest BCUT2D eigenvalue weighted by atomic mass is 9.69. The van der Waals surface area contributed by atoms with Crippen molar-refractivity contribution >= 4 is 0 Å². The fourth-order valence-corrected chi connectivity index (χ4v) is 1.71. The van der Waals surface area contributed by atoms with Gasteiger partial charge in [0.1, 0.15) is 0 Å². The maximum atomic E-state index is 5.72. The second kappa shape index (κ2) is 2.06. The van der Waals surface area contributed by atoms with Gasteiger partial charge in [0.2, 0.25) is 0 Å². The zero-order valence-electron chi connectivity index (χ0n) is 5.72. The molecule has 1 aliphatic carbocycles. The lowest BCUT2D eigenvalue weighted by molar-refractivity contribution is 0.148. The highest BCUT2D eigenvalue weighted by atomic mass is 14.7. The molecule has 3 unspecified atom stereocenters. The molecule has 0 aromatic heterocycles. The van der Waals surface area contributed by atoms with Crippen LogP contribution in [0.5, 0.6) is 0 Å². The largest absolute Gasteiger partial charge is 0.327 e. The Kier molecular flexibility index (Phi) is 1.57. The zero-order chi connectivity index (χ0) is 6.15. The van der Waals surface area contributed by atoms with Crippen LogP contribution in [0.4, 0.5) is 0 Å². The Labute approximate surface area is 51.3 Å². The van der Waals surface area contributed by atoms with E-state index in [0.717, 1.165) is 11.8 Å². The molecule has 0 saturated heterocycles. The van der Waals surface area contributed by atoms with Crippen LogP contribution in [0.25, 0.3) is 0 Å². The van der Waals surface area contributed by atoms with Crippen molar-refractivity contribution in [3.63, 3.8) is 0 Å². The molecule has 3 atom stereocenters. The second-order valence-corrected chi connectivity index (χ2v) is 2.95. The van der Waals surface area contributed by atoms with Gasteiger partial charge in [-0.25, -0.2) is 0 Å². The highest BCUT2D eigenvalue weighted by Crippen LogP contribution is 2.34. The number of hydrogen-bond donors (Lipinski definition) is 1. The Morgan fingerprint density at radius 2 is 2.25 bits per heavy atom. The molecule has 0 amide bonds. The smallest absolute Gasteiger partial charge is 0.00722 e. The van der Waals surface area contributed by atoms with Gasteiger partial charge in [0, 0.05) is 6.04 Å². The first-order valence-electron chi connectivity index (χ1n) is 3.51. The van der Waals surface area contributed by atoms with E-state index >= 15 is 0 Å². The van der Waals surface area contributed by atoms with Gasteiger partial charge in [0.15, 0.2) is 0 Å². The summed E-state index contributed by atoms with van der Waals surface area (Å²) in [6.07, 6.45) is 2.51. The first kappa shape index (κ1) is 6.09. The topological polar surface area (TPSA) is 26.0 Å². The summed E-state index contributed by atoms with van der Waals surface area (Å²) in [5.74, 6) is 1.73. The van der Waals surface area contributed by atoms with Gasteiger partial charge in [-0.15, -0.1) is 0 Å². The summed E-state index contributed by atoms with van der Waals surface area (Å²) in [5.41, 5.74) is 5.72. The van der Waals surface area contributed by atoms with Crippen molar-refractivity contribution in [3.8, 4) is 0 Å². The molecular weight excluding hydrogens is 98.1 g/mol. The molecule has 0 aromatic carbocycles. The van der Waals surface area contributed by atoms with Crippen molar-refractivity contribution in [3.05, 3.63) is 0 Å². The minimum Gasteiger partial charge on any atom is -0.327 e. The SMILES string of the molecule is CCC1C(C)CC1N. The first-order valence-corrected chi connectivity index (χ1v) is 3.51. The van der Waals surface area contributed by atoms with Gasteiger partial charge < -0.3 is 5.73 Å². The van der Waals surface area contributed by atoms with Gasteiger partial charge in [-0.3, -0.25) is 0 Å². The number of hydrogen-bond acceptors (Lipinski definition) is 1. The van der Waals surface area contributed by atoms with Crippen molar-refractivity contribution in [1.82, 2.24) is 0 Å². The van der Waals surface area contributed by atoms with Gasteiger partial charge in [-0.05, 0) is 18.3 Å². The Bertz CT molecular complexity index is 72.5. The Hall–Kier alpha value is -0.0400. The summed E-state index contributed by atoms with van der Waals surface area (Å²) in [5, 5.41) is 0. The summed E-state index contributed by atoms with van der Waals surface area (Å²) in [6, 6.07) is 0.523. The van der Waals surface area contributed by atoms with Crippen LogP contribution in [0.2, 0.25) is 0 Å². The van der Waals surface area contributed by atoms with Gasteiger partial charge in [0.25, 0.3) is 0 Å². The molecule has 1 aliphatic rings. The van der Waals surface area contributed by atoms with Crippen molar-refractivity contribution in [2.24, 2.45) is 17.6 Å². The molecule has 48 valence electrons. The summed E-state index contributed by atoms with van der Waals surface area (Å²) in [7, 11) is 0. The summed E-state index contributed by atoms with van der Waals surface area (Å²) in [4.78, 5) is 0. The molecule has 0 spiro atoms. The van der Waals surface area contributed by atoms with Crippen LogP contribution in [0, 0.1) is 11.8 Å². The molecule has 1 heteroatoms. The van der Waals surface area contributed by atoms with Crippen molar-refractivity contribution in [1.29, 1.82) is 0 Å². The van der Waals surface area contributed by atoms with Crippen LogP contribution >= 0.6 is 0 Å².